The van der Waals surface area contributed by atoms with Gasteiger partial charge in [0.05, 0.1) is 0 Å². The molecule has 0 aliphatic carbocycles. The number of hydrogen-bond acceptors (Lipinski definition) is 6. The second kappa shape index (κ2) is 8.69. The van der Waals surface area contributed by atoms with E-state index in [0.717, 1.165) is 66.4 Å². The van der Waals surface area contributed by atoms with Crippen LogP contribution in [0.15, 0.2) is 97.1 Å². The van der Waals surface area contributed by atoms with Crippen LogP contribution in [-0.4, -0.2) is 56.6 Å². The van der Waals surface area contributed by atoms with E-state index in [9.17, 15) is 0 Å². The van der Waals surface area contributed by atoms with E-state index in [-0.39, 0.29) is 0 Å². The first-order chi connectivity index (χ1) is 20.7. The fourth-order valence-corrected chi connectivity index (χ4v) is 6.82. The summed E-state index contributed by atoms with van der Waals surface area (Å²) in [4.78, 5) is 30.7. The molecule has 0 amide bonds. The predicted octanol–water partition coefficient (Wildman–Crippen LogP) is 6.28. The molecule has 9 rings (SSSR count). The summed E-state index contributed by atoms with van der Waals surface area (Å²) in [7, 11) is 1.99. The molecule has 3 aromatic heterocycles. The fraction of sp³-hybridized carbons (Fsp3) is 0.0303. The molecule has 0 saturated heterocycles. The van der Waals surface area contributed by atoms with E-state index in [1.165, 1.54) is 18.8 Å². The first-order valence-electron chi connectivity index (χ1n) is 13.6. The molecule has 2 radical (unpaired) electrons. The van der Waals surface area contributed by atoms with Crippen molar-refractivity contribution in [2.45, 2.75) is 0 Å². The zero-order chi connectivity index (χ0) is 27.9. The van der Waals surface area contributed by atoms with E-state index in [4.69, 9.17) is 29.9 Å². The van der Waals surface area contributed by atoms with Crippen LogP contribution in [0.1, 0.15) is 0 Å². The van der Waals surface area contributed by atoms with Gasteiger partial charge in [-0.05, 0) is 0 Å². The Morgan fingerprint density at radius 2 is 0.690 bits per heavy atom. The molecular formula is C33H19GaN8. The van der Waals surface area contributed by atoms with Crippen LogP contribution >= 0.6 is 0 Å². The number of aryl methyl sites for hydroxylation is 1. The van der Waals surface area contributed by atoms with Gasteiger partial charge in [0.25, 0.3) is 0 Å². The molecule has 194 valence electrons. The number of nitrogens with zero attached hydrogens (tertiary/aromatic N) is 8. The fourth-order valence-electron chi connectivity index (χ4n) is 6.00. The summed E-state index contributed by atoms with van der Waals surface area (Å²) in [6, 6.07) is 32.7. The Kier molecular flexibility index (Phi) is 4.87. The molecular weight excluding hydrogens is 578 g/mol. The van der Waals surface area contributed by atoms with E-state index in [2.05, 4.69) is 51.8 Å². The average Bonchev–Trinajstić information content (AvgIpc) is 3.71. The van der Waals surface area contributed by atoms with Crippen LogP contribution in [0.5, 0.6) is 0 Å². The third-order valence-electron chi connectivity index (χ3n) is 8.00. The summed E-state index contributed by atoms with van der Waals surface area (Å²) in [5, 5.41) is 4.01. The summed E-state index contributed by atoms with van der Waals surface area (Å²) in [5.74, 6) is 2.52. The van der Waals surface area contributed by atoms with Crippen molar-refractivity contribution < 1.29 is 0 Å². The third-order valence-corrected chi connectivity index (χ3v) is 9.02. The second-order valence-electron chi connectivity index (χ2n) is 10.4. The molecule has 8 nitrogen and oxygen atoms in total. The van der Waals surface area contributed by atoms with Crippen molar-refractivity contribution in [1.82, 2.24) is 37.7 Å². The molecule has 5 heterocycles. The molecule has 0 fully saturated rings. The summed E-state index contributed by atoms with van der Waals surface area (Å²) in [6.07, 6.45) is 0. The van der Waals surface area contributed by atoms with Gasteiger partial charge in [0.15, 0.2) is 0 Å². The van der Waals surface area contributed by atoms with E-state index < -0.39 is 0 Å². The van der Waals surface area contributed by atoms with E-state index in [1.807, 2.05) is 60.1 Å². The molecule has 0 saturated carbocycles. The molecule has 8 bridgehead atoms. The van der Waals surface area contributed by atoms with Crippen LogP contribution < -0.4 is 0 Å². The number of hydrogen-bond donors (Lipinski definition) is 0. The van der Waals surface area contributed by atoms with Crippen molar-refractivity contribution in [2.24, 2.45) is 7.05 Å². The quantitative estimate of drug-likeness (QED) is 0.191. The van der Waals surface area contributed by atoms with Gasteiger partial charge >= 0.3 is 250 Å². The van der Waals surface area contributed by atoms with Crippen molar-refractivity contribution in [1.29, 1.82) is 0 Å². The number of rotatable bonds is 0. The van der Waals surface area contributed by atoms with Crippen LogP contribution in [0, 0.1) is 0 Å². The van der Waals surface area contributed by atoms with Gasteiger partial charge in [-0.2, -0.15) is 0 Å². The first-order valence-corrected chi connectivity index (χ1v) is 14.7. The Hall–Kier alpha value is -5.12. The van der Waals surface area contributed by atoms with Crippen molar-refractivity contribution in [2.75, 3.05) is 0 Å². The molecule has 7 aromatic rings. The normalized spacial score (nSPS) is 12.0. The molecule has 0 N–H and O–H groups in total. The molecule has 2 aliphatic rings. The van der Waals surface area contributed by atoms with Crippen LogP contribution in [-0.2, 0) is 7.05 Å². The zero-order valence-corrected chi connectivity index (χ0v) is 24.8. The Balaban J connectivity index is 1.55. The average molecular weight is 597 g/mol. The predicted molar refractivity (Wildman–Crippen MR) is 165 cm³/mol. The van der Waals surface area contributed by atoms with Crippen LogP contribution in [0.3, 0.4) is 0 Å². The molecule has 42 heavy (non-hydrogen) atoms. The van der Waals surface area contributed by atoms with Crippen LogP contribution in [0.4, 0.5) is 0 Å². The molecule has 0 unspecified atom stereocenters. The Morgan fingerprint density at radius 1 is 0.405 bits per heavy atom. The Labute approximate surface area is 249 Å². The van der Waals surface area contributed by atoms with Gasteiger partial charge in [-0.3, -0.25) is 0 Å². The Bertz CT molecular complexity index is 2120. The monoisotopic (exact) mass is 596 g/mol. The number of fused-ring (bicyclic) bond motifs is 20. The van der Waals surface area contributed by atoms with Gasteiger partial charge < -0.3 is 0 Å². The second-order valence-corrected chi connectivity index (χ2v) is 11.5. The molecule has 0 atom stereocenters. The molecule has 2 aliphatic heterocycles. The summed E-state index contributed by atoms with van der Waals surface area (Å²) in [6.45, 7) is 0. The zero-order valence-electron chi connectivity index (χ0n) is 22.4. The third kappa shape index (κ3) is 3.26. The van der Waals surface area contributed by atoms with Gasteiger partial charge in [-0.15, -0.1) is 0 Å². The Morgan fingerprint density at radius 3 is 1.05 bits per heavy atom. The number of aromatic nitrogens is 8. The van der Waals surface area contributed by atoms with Crippen molar-refractivity contribution in [3.05, 3.63) is 97.1 Å². The molecule has 9 heteroatoms. The minimum absolute atomic E-state index is 0.627. The van der Waals surface area contributed by atoms with Crippen molar-refractivity contribution in [3.63, 3.8) is 0 Å². The molecule has 0 spiro atoms. The van der Waals surface area contributed by atoms with Gasteiger partial charge in [0, 0.05) is 0 Å². The van der Waals surface area contributed by atoms with Gasteiger partial charge in [-0.25, -0.2) is 0 Å². The number of benzene rings is 4. The minimum atomic E-state index is 0.627. The summed E-state index contributed by atoms with van der Waals surface area (Å²) < 4.78 is 4.11. The first kappa shape index (κ1) is 23.6. The van der Waals surface area contributed by atoms with E-state index >= 15 is 0 Å². The molecule has 4 aromatic carbocycles. The van der Waals surface area contributed by atoms with Crippen molar-refractivity contribution >= 4 is 63.0 Å². The van der Waals surface area contributed by atoms with Gasteiger partial charge in [-0.1, -0.05) is 0 Å². The SMILES string of the molecule is Cn1c2nc3nc(nc4c5ccccc5c(nc5nc(nc1c1ccccc12)-c1ccccc1-5)[n]4[Ga])-c1ccccc1-3. The van der Waals surface area contributed by atoms with Crippen LogP contribution in [0.25, 0.3) is 89.7 Å². The topological polar surface area (TPSA) is 87.2 Å². The maximum absolute atomic E-state index is 5.17. The standard InChI is InChI=1S/C33H19N8.Ga/c1-41-32-24-16-8-9-17-25(24)33(41)40-31-23-15-7-5-13-21(23)29(38-31)36-27-19-11-3-2-10-18(19)26(34-27)35-28-20-12-4-6-14-22(20)30(37-28)39-32;/h2-17H,1H3;/q-1;+1. The maximum atomic E-state index is 5.17. The summed E-state index contributed by atoms with van der Waals surface area (Å²) >= 11 is 1.40. The summed E-state index contributed by atoms with van der Waals surface area (Å²) in [5.41, 5.74) is 6.97. The van der Waals surface area contributed by atoms with E-state index in [1.54, 1.807) is 0 Å². The van der Waals surface area contributed by atoms with Crippen LogP contribution in [0.2, 0.25) is 0 Å². The van der Waals surface area contributed by atoms with Gasteiger partial charge in [0.2, 0.25) is 0 Å². The van der Waals surface area contributed by atoms with Gasteiger partial charge in [0.1, 0.15) is 0 Å². The van der Waals surface area contributed by atoms with Crippen molar-refractivity contribution in [3.8, 4) is 45.6 Å². The van der Waals surface area contributed by atoms with E-state index in [0.29, 0.717) is 23.3 Å².